The van der Waals surface area contributed by atoms with Gasteiger partial charge in [-0.1, -0.05) is 37.8 Å². The molecule has 2 rings (SSSR count). The highest BCUT2D eigenvalue weighted by Crippen LogP contribution is 2.36. The SMILES string of the molecule is CC=CCC1CCC(CCC2CCC(OCC)CC2)CC1. The van der Waals surface area contributed by atoms with Crippen molar-refractivity contribution in [2.75, 3.05) is 6.61 Å². The Morgan fingerprint density at radius 3 is 1.86 bits per heavy atom. The molecule has 0 aromatic rings. The molecule has 2 saturated carbocycles. The van der Waals surface area contributed by atoms with E-state index in [1.54, 1.807) is 0 Å². The second kappa shape index (κ2) is 9.66. The second-order valence-electron chi connectivity index (χ2n) is 7.37. The molecule has 0 aromatic carbocycles. The summed E-state index contributed by atoms with van der Waals surface area (Å²) in [5, 5.41) is 0. The van der Waals surface area contributed by atoms with E-state index in [0.29, 0.717) is 6.10 Å². The van der Waals surface area contributed by atoms with Crippen molar-refractivity contribution in [1.29, 1.82) is 0 Å². The summed E-state index contributed by atoms with van der Waals surface area (Å²) in [7, 11) is 0. The summed E-state index contributed by atoms with van der Waals surface area (Å²) < 4.78 is 5.76. The zero-order valence-corrected chi connectivity index (χ0v) is 14.4. The quantitative estimate of drug-likeness (QED) is 0.512. The van der Waals surface area contributed by atoms with Crippen molar-refractivity contribution >= 4 is 0 Å². The van der Waals surface area contributed by atoms with Crippen LogP contribution in [0.25, 0.3) is 0 Å². The van der Waals surface area contributed by atoms with Gasteiger partial charge in [0.15, 0.2) is 0 Å². The summed E-state index contributed by atoms with van der Waals surface area (Å²) in [6.07, 6.45) is 20.9. The van der Waals surface area contributed by atoms with Crippen LogP contribution in [-0.4, -0.2) is 12.7 Å². The molecule has 2 aliphatic rings. The van der Waals surface area contributed by atoms with Crippen LogP contribution in [0.2, 0.25) is 0 Å². The predicted molar refractivity (Wildman–Crippen MR) is 91.5 cm³/mol. The summed E-state index contributed by atoms with van der Waals surface area (Å²) in [6.45, 7) is 5.16. The lowest BCUT2D eigenvalue weighted by molar-refractivity contribution is 0.0238. The van der Waals surface area contributed by atoms with Gasteiger partial charge in [0.2, 0.25) is 0 Å². The molecule has 21 heavy (non-hydrogen) atoms. The Morgan fingerprint density at radius 1 is 0.810 bits per heavy atom. The lowest BCUT2D eigenvalue weighted by Gasteiger charge is -2.31. The molecule has 0 bridgehead atoms. The monoisotopic (exact) mass is 292 g/mol. The van der Waals surface area contributed by atoms with E-state index >= 15 is 0 Å². The molecule has 0 aromatic heterocycles. The van der Waals surface area contributed by atoms with Crippen LogP contribution in [0.15, 0.2) is 12.2 Å². The molecule has 2 aliphatic carbocycles. The molecule has 0 heterocycles. The summed E-state index contributed by atoms with van der Waals surface area (Å²) in [5.74, 6) is 3.03. The molecule has 0 N–H and O–H groups in total. The van der Waals surface area contributed by atoms with E-state index in [1.165, 1.54) is 70.6 Å². The minimum atomic E-state index is 0.577. The van der Waals surface area contributed by atoms with Crippen LogP contribution >= 0.6 is 0 Å². The van der Waals surface area contributed by atoms with Crippen molar-refractivity contribution in [3.63, 3.8) is 0 Å². The number of hydrogen-bond acceptors (Lipinski definition) is 1. The van der Waals surface area contributed by atoms with Crippen molar-refractivity contribution < 1.29 is 4.74 Å². The van der Waals surface area contributed by atoms with Gasteiger partial charge in [0, 0.05) is 6.61 Å². The van der Waals surface area contributed by atoms with E-state index < -0.39 is 0 Å². The van der Waals surface area contributed by atoms with E-state index in [0.717, 1.165) is 24.4 Å². The van der Waals surface area contributed by atoms with Crippen LogP contribution in [0.4, 0.5) is 0 Å². The molecule has 122 valence electrons. The molecule has 0 radical (unpaired) electrons. The summed E-state index contributed by atoms with van der Waals surface area (Å²) in [6, 6.07) is 0. The van der Waals surface area contributed by atoms with Crippen LogP contribution in [0.1, 0.15) is 84.5 Å². The lowest BCUT2D eigenvalue weighted by atomic mass is 9.76. The van der Waals surface area contributed by atoms with Gasteiger partial charge in [-0.2, -0.15) is 0 Å². The lowest BCUT2D eigenvalue weighted by Crippen LogP contribution is -2.22. The average Bonchev–Trinajstić information content (AvgIpc) is 2.53. The van der Waals surface area contributed by atoms with Gasteiger partial charge in [0.1, 0.15) is 0 Å². The first-order chi connectivity index (χ1) is 10.3. The highest BCUT2D eigenvalue weighted by molar-refractivity contribution is 4.83. The maximum Gasteiger partial charge on any atom is 0.0575 e. The Labute approximate surface area is 132 Å². The molecule has 1 nitrogen and oxygen atoms in total. The van der Waals surface area contributed by atoms with Crippen LogP contribution in [0.5, 0.6) is 0 Å². The first-order valence-electron chi connectivity index (χ1n) is 9.54. The molecule has 2 fully saturated rings. The molecule has 1 heteroatoms. The van der Waals surface area contributed by atoms with Gasteiger partial charge < -0.3 is 4.74 Å². The summed E-state index contributed by atoms with van der Waals surface area (Å²) >= 11 is 0. The fourth-order valence-corrected chi connectivity index (χ4v) is 4.38. The molecule has 0 amide bonds. The minimum absolute atomic E-state index is 0.577. The van der Waals surface area contributed by atoms with Gasteiger partial charge in [-0.15, -0.1) is 0 Å². The third-order valence-corrected chi connectivity index (χ3v) is 5.85. The van der Waals surface area contributed by atoms with Crippen molar-refractivity contribution in [3.05, 3.63) is 12.2 Å². The number of hydrogen-bond donors (Lipinski definition) is 0. The van der Waals surface area contributed by atoms with Gasteiger partial charge >= 0.3 is 0 Å². The molecular weight excluding hydrogens is 256 g/mol. The van der Waals surface area contributed by atoms with Crippen LogP contribution < -0.4 is 0 Å². The van der Waals surface area contributed by atoms with Gasteiger partial charge in [-0.05, 0) is 76.5 Å². The highest BCUT2D eigenvalue weighted by atomic mass is 16.5. The average molecular weight is 293 g/mol. The van der Waals surface area contributed by atoms with Gasteiger partial charge in [0.05, 0.1) is 6.10 Å². The van der Waals surface area contributed by atoms with E-state index in [9.17, 15) is 0 Å². The van der Waals surface area contributed by atoms with Gasteiger partial charge in [-0.25, -0.2) is 0 Å². The fourth-order valence-electron chi connectivity index (χ4n) is 4.38. The fraction of sp³-hybridized carbons (Fsp3) is 0.900. The third-order valence-electron chi connectivity index (χ3n) is 5.85. The molecule has 0 saturated heterocycles. The zero-order valence-electron chi connectivity index (χ0n) is 14.4. The maximum absolute atomic E-state index is 5.76. The predicted octanol–water partition coefficient (Wildman–Crippen LogP) is 6.13. The molecule has 0 atom stereocenters. The molecular formula is C20H36O. The van der Waals surface area contributed by atoms with Crippen molar-refractivity contribution in [2.24, 2.45) is 17.8 Å². The second-order valence-corrected chi connectivity index (χ2v) is 7.37. The molecule has 0 aliphatic heterocycles. The number of ether oxygens (including phenoxy) is 1. The van der Waals surface area contributed by atoms with Crippen molar-refractivity contribution in [3.8, 4) is 0 Å². The van der Waals surface area contributed by atoms with E-state index in [2.05, 4.69) is 26.0 Å². The smallest absolute Gasteiger partial charge is 0.0575 e. The molecule has 0 unspecified atom stereocenters. The normalized spacial score (nSPS) is 34.4. The Hall–Kier alpha value is -0.300. The number of allylic oxidation sites excluding steroid dienone is 2. The first kappa shape index (κ1) is 17.1. The largest absolute Gasteiger partial charge is 0.379 e. The third kappa shape index (κ3) is 6.14. The Kier molecular flexibility index (Phi) is 7.85. The summed E-state index contributed by atoms with van der Waals surface area (Å²) in [5.41, 5.74) is 0. The van der Waals surface area contributed by atoms with Gasteiger partial charge in [-0.3, -0.25) is 0 Å². The molecule has 0 spiro atoms. The van der Waals surface area contributed by atoms with Crippen LogP contribution in [-0.2, 0) is 4.74 Å². The first-order valence-corrected chi connectivity index (χ1v) is 9.54. The van der Waals surface area contributed by atoms with E-state index in [4.69, 9.17) is 4.74 Å². The van der Waals surface area contributed by atoms with Crippen molar-refractivity contribution in [2.45, 2.75) is 90.6 Å². The van der Waals surface area contributed by atoms with Crippen LogP contribution in [0.3, 0.4) is 0 Å². The Bertz CT molecular complexity index is 280. The van der Waals surface area contributed by atoms with E-state index in [1.807, 2.05) is 0 Å². The van der Waals surface area contributed by atoms with E-state index in [-0.39, 0.29) is 0 Å². The van der Waals surface area contributed by atoms with Gasteiger partial charge in [0.25, 0.3) is 0 Å². The van der Waals surface area contributed by atoms with Crippen LogP contribution in [0, 0.1) is 17.8 Å². The topological polar surface area (TPSA) is 9.23 Å². The Balaban J connectivity index is 1.56. The highest BCUT2D eigenvalue weighted by Gasteiger charge is 2.24. The maximum atomic E-state index is 5.76. The summed E-state index contributed by atoms with van der Waals surface area (Å²) in [4.78, 5) is 0. The van der Waals surface area contributed by atoms with Crippen molar-refractivity contribution in [1.82, 2.24) is 0 Å². The standard InChI is InChI=1S/C20H36O/c1-3-5-6-17-7-9-18(10-8-17)11-12-19-13-15-20(16-14-19)21-4-2/h3,5,17-20H,4,6-16H2,1-2H3. The number of rotatable bonds is 7. The zero-order chi connectivity index (χ0) is 14.9. The Morgan fingerprint density at radius 2 is 1.33 bits per heavy atom. The minimum Gasteiger partial charge on any atom is -0.379 e.